The predicted molar refractivity (Wildman–Crippen MR) is 75.6 cm³/mol. The molecule has 100 valence electrons. The third kappa shape index (κ3) is 3.45. The van der Waals surface area contributed by atoms with Gasteiger partial charge in [-0.25, -0.2) is 4.98 Å². The molecule has 0 radical (unpaired) electrons. The van der Waals surface area contributed by atoms with Crippen molar-refractivity contribution in [1.82, 2.24) is 10.3 Å². The summed E-state index contributed by atoms with van der Waals surface area (Å²) in [4.78, 5) is 16.1. The van der Waals surface area contributed by atoms with Crippen LogP contribution in [0.5, 0.6) is 5.75 Å². The Bertz CT molecular complexity index is 555. The molecule has 3 N–H and O–H groups in total. The second kappa shape index (κ2) is 6.19. The van der Waals surface area contributed by atoms with Gasteiger partial charge in [0.15, 0.2) is 0 Å². The minimum absolute atomic E-state index is 0.149. The number of nitrogens with two attached hydrogens (primary N) is 1. The van der Waals surface area contributed by atoms with Gasteiger partial charge < -0.3 is 15.8 Å². The van der Waals surface area contributed by atoms with Crippen molar-refractivity contribution in [1.29, 1.82) is 0 Å². The number of carbonyl (C=O) groups is 1. The highest BCUT2D eigenvalue weighted by Crippen LogP contribution is 2.21. The van der Waals surface area contributed by atoms with Gasteiger partial charge in [0, 0.05) is 23.9 Å². The Hall–Kier alpha value is -2.08. The third-order valence-corrected chi connectivity index (χ3v) is 3.28. The van der Waals surface area contributed by atoms with Crippen LogP contribution in [-0.2, 0) is 6.42 Å². The lowest BCUT2D eigenvalue weighted by molar-refractivity contribution is 0.0954. The fourth-order valence-electron chi connectivity index (χ4n) is 1.64. The molecule has 0 bridgehead atoms. The van der Waals surface area contributed by atoms with Crippen LogP contribution in [0.15, 0.2) is 29.1 Å². The summed E-state index contributed by atoms with van der Waals surface area (Å²) < 4.78 is 5.05. The first-order chi connectivity index (χ1) is 9.20. The Labute approximate surface area is 115 Å². The Morgan fingerprint density at radius 2 is 2.37 bits per heavy atom. The van der Waals surface area contributed by atoms with Crippen LogP contribution in [0.3, 0.4) is 0 Å². The maximum atomic E-state index is 11.9. The molecule has 0 spiro atoms. The van der Waals surface area contributed by atoms with Crippen LogP contribution in [0.25, 0.3) is 0 Å². The number of methoxy groups -OCH3 is 1. The molecule has 0 aliphatic carbocycles. The first-order valence-corrected chi connectivity index (χ1v) is 6.74. The van der Waals surface area contributed by atoms with E-state index >= 15 is 0 Å². The number of aromatic nitrogens is 1. The number of nitrogens with one attached hydrogen (secondary N) is 1. The number of rotatable bonds is 5. The Morgan fingerprint density at radius 3 is 3.00 bits per heavy atom. The lowest BCUT2D eigenvalue weighted by Gasteiger charge is -2.07. The van der Waals surface area contributed by atoms with E-state index in [2.05, 4.69) is 10.3 Å². The van der Waals surface area contributed by atoms with Crippen molar-refractivity contribution in [2.75, 3.05) is 19.4 Å². The molecule has 6 heteroatoms. The average Bonchev–Trinajstić information content (AvgIpc) is 2.91. The Balaban J connectivity index is 1.91. The predicted octanol–water partition coefficient (Wildman–Crippen LogP) is 1.71. The molecule has 0 fully saturated rings. The first-order valence-electron chi connectivity index (χ1n) is 5.79. The molecule has 0 aliphatic heterocycles. The molecule has 1 aromatic heterocycles. The van der Waals surface area contributed by atoms with Crippen molar-refractivity contribution in [3.63, 3.8) is 0 Å². The highest BCUT2D eigenvalue weighted by atomic mass is 32.1. The Morgan fingerprint density at radius 1 is 1.53 bits per heavy atom. The summed E-state index contributed by atoms with van der Waals surface area (Å²) >= 11 is 1.55. The molecule has 1 aromatic carbocycles. The molecule has 5 nitrogen and oxygen atoms in total. The second-order valence-electron chi connectivity index (χ2n) is 3.94. The molecular formula is C13H15N3O2S. The van der Waals surface area contributed by atoms with Crippen LogP contribution in [0, 0.1) is 0 Å². The van der Waals surface area contributed by atoms with Gasteiger partial charge in [-0.15, -0.1) is 11.3 Å². The minimum atomic E-state index is -0.149. The van der Waals surface area contributed by atoms with Crippen LogP contribution in [-0.4, -0.2) is 24.5 Å². The van der Waals surface area contributed by atoms with Crippen molar-refractivity contribution in [3.8, 4) is 5.75 Å². The van der Waals surface area contributed by atoms with Gasteiger partial charge in [0.2, 0.25) is 0 Å². The fraction of sp³-hybridized carbons (Fsp3) is 0.231. The van der Waals surface area contributed by atoms with Gasteiger partial charge in [0.25, 0.3) is 5.91 Å². The number of nitrogens with zero attached hydrogens (tertiary/aromatic N) is 1. The summed E-state index contributed by atoms with van der Waals surface area (Å²) in [5, 5.41) is 4.80. The largest absolute Gasteiger partial charge is 0.495 e. The van der Waals surface area contributed by atoms with E-state index in [0.717, 1.165) is 12.1 Å². The van der Waals surface area contributed by atoms with Crippen LogP contribution >= 0.6 is 11.3 Å². The van der Waals surface area contributed by atoms with Crippen LogP contribution in [0.4, 0.5) is 5.69 Å². The van der Waals surface area contributed by atoms with Gasteiger partial charge in [-0.1, -0.05) is 0 Å². The lowest BCUT2D eigenvalue weighted by Crippen LogP contribution is -2.25. The SMILES string of the molecule is COc1ccc(C(=O)NCCc2cscn2)cc1N. The maximum Gasteiger partial charge on any atom is 0.251 e. The normalized spacial score (nSPS) is 10.2. The topological polar surface area (TPSA) is 77.2 Å². The molecular weight excluding hydrogens is 262 g/mol. The van der Waals surface area contributed by atoms with Gasteiger partial charge in [0.05, 0.1) is 24.0 Å². The number of nitrogen functional groups attached to an aromatic ring is 1. The molecule has 19 heavy (non-hydrogen) atoms. The van der Waals surface area contributed by atoms with Gasteiger partial charge in [-0.05, 0) is 18.2 Å². The van der Waals surface area contributed by atoms with E-state index in [4.69, 9.17) is 10.5 Å². The van der Waals surface area contributed by atoms with Crippen LogP contribution in [0.1, 0.15) is 16.1 Å². The van der Waals surface area contributed by atoms with E-state index in [1.54, 1.807) is 42.2 Å². The summed E-state index contributed by atoms with van der Waals surface area (Å²) in [7, 11) is 1.54. The molecule has 0 saturated carbocycles. The monoisotopic (exact) mass is 277 g/mol. The van der Waals surface area contributed by atoms with E-state index in [-0.39, 0.29) is 5.91 Å². The zero-order valence-electron chi connectivity index (χ0n) is 10.6. The van der Waals surface area contributed by atoms with E-state index in [0.29, 0.717) is 23.5 Å². The standard InChI is InChI=1S/C13H15N3O2S/c1-18-12-3-2-9(6-11(12)14)13(17)15-5-4-10-7-19-8-16-10/h2-3,6-8H,4-5,14H2,1H3,(H,15,17). The number of thiazole rings is 1. The van der Waals surface area contributed by atoms with Crippen molar-refractivity contribution in [3.05, 3.63) is 40.3 Å². The molecule has 1 amide bonds. The van der Waals surface area contributed by atoms with Crippen molar-refractivity contribution < 1.29 is 9.53 Å². The summed E-state index contributed by atoms with van der Waals surface area (Å²) in [6.07, 6.45) is 0.723. The number of hydrogen-bond donors (Lipinski definition) is 2. The van der Waals surface area contributed by atoms with Crippen LogP contribution in [0.2, 0.25) is 0 Å². The summed E-state index contributed by atoms with van der Waals surface area (Å²) in [5.41, 5.74) is 9.50. The number of carbonyl (C=O) groups excluding carboxylic acids is 1. The minimum Gasteiger partial charge on any atom is -0.495 e. The second-order valence-corrected chi connectivity index (χ2v) is 4.66. The molecule has 0 atom stereocenters. The maximum absolute atomic E-state index is 11.9. The quantitative estimate of drug-likeness (QED) is 0.816. The van der Waals surface area contributed by atoms with E-state index < -0.39 is 0 Å². The van der Waals surface area contributed by atoms with Gasteiger partial charge in [-0.2, -0.15) is 0 Å². The summed E-state index contributed by atoms with van der Waals surface area (Å²) in [5.74, 6) is 0.420. The van der Waals surface area contributed by atoms with E-state index in [1.165, 1.54) is 0 Å². The van der Waals surface area contributed by atoms with Crippen molar-refractivity contribution in [2.45, 2.75) is 6.42 Å². The molecule has 1 heterocycles. The summed E-state index contributed by atoms with van der Waals surface area (Å²) in [6, 6.07) is 4.98. The number of ether oxygens (including phenoxy) is 1. The lowest BCUT2D eigenvalue weighted by atomic mass is 10.1. The molecule has 0 saturated heterocycles. The first kappa shape index (κ1) is 13.4. The van der Waals surface area contributed by atoms with Crippen molar-refractivity contribution >= 4 is 22.9 Å². The highest BCUT2D eigenvalue weighted by Gasteiger charge is 2.08. The number of amides is 1. The Kier molecular flexibility index (Phi) is 4.35. The number of anilines is 1. The van der Waals surface area contributed by atoms with Gasteiger partial charge >= 0.3 is 0 Å². The van der Waals surface area contributed by atoms with Gasteiger partial charge in [-0.3, -0.25) is 4.79 Å². The van der Waals surface area contributed by atoms with Crippen molar-refractivity contribution in [2.24, 2.45) is 0 Å². The van der Waals surface area contributed by atoms with E-state index in [1.807, 2.05) is 5.38 Å². The fourth-order valence-corrected chi connectivity index (χ4v) is 2.24. The highest BCUT2D eigenvalue weighted by molar-refractivity contribution is 7.07. The zero-order chi connectivity index (χ0) is 13.7. The zero-order valence-corrected chi connectivity index (χ0v) is 11.4. The van der Waals surface area contributed by atoms with E-state index in [9.17, 15) is 4.79 Å². The number of benzene rings is 1. The van der Waals surface area contributed by atoms with Gasteiger partial charge in [0.1, 0.15) is 5.75 Å². The van der Waals surface area contributed by atoms with Crippen LogP contribution < -0.4 is 15.8 Å². The molecule has 2 rings (SSSR count). The smallest absolute Gasteiger partial charge is 0.251 e. The molecule has 0 unspecified atom stereocenters. The molecule has 0 aliphatic rings. The average molecular weight is 277 g/mol. The molecule has 2 aromatic rings. The third-order valence-electron chi connectivity index (χ3n) is 2.64. The number of hydrogen-bond acceptors (Lipinski definition) is 5. The summed E-state index contributed by atoms with van der Waals surface area (Å²) in [6.45, 7) is 0.550.